The Morgan fingerprint density at radius 1 is 1.39 bits per heavy atom. The zero-order valence-corrected chi connectivity index (χ0v) is 13.5. The van der Waals surface area contributed by atoms with Crippen LogP contribution < -0.4 is 4.74 Å². The topological polar surface area (TPSA) is 51.7 Å². The summed E-state index contributed by atoms with van der Waals surface area (Å²) in [6.45, 7) is 2.94. The molecule has 0 N–H and O–H groups in total. The molecule has 0 radical (unpaired) electrons. The molecule has 0 saturated carbocycles. The van der Waals surface area contributed by atoms with Crippen LogP contribution in [0.3, 0.4) is 0 Å². The number of hydrogen-bond acceptors (Lipinski definition) is 4. The van der Waals surface area contributed by atoms with E-state index in [4.69, 9.17) is 21.1 Å². The molecule has 5 nitrogen and oxygen atoms in total. The second kappa shape index (κ2) is 6.87. The fourth-order valence-electron chi connectivity index (χ4n) is 2.59. The number of aromatic nitrogens is 1. The smallest absolute Gasteiger partial charge is 0.410 e. The molecular formula is C17H17ClN2O3. The van der Waals surface area contributed by atoms with Crippen LogP contribution in [0.2, 0.25) is 5.15 Å². The number of benzene rings is 1. The maximum absolute atomic E-state index is 12.4. The van der Waals surface area contributed by atoms with Gasteiger partial charge in [-0.25, -0.2) is 9.78 Å². The molecule has 1 aliphatic rings. The van der Waals surface area contributed by atoms with Gasteiger partial charge in [-0.15, -0.1) is 0 Å². The average molecular weight is 333 g/mol. The number of nitrogens with zero attached hydrogens (tertiary/aromatic N) is 2. The average Bonchev–Trinajstić information content (AvgIpc) is 2.73. The summed E-state index contributed by atoms with van der Waals surface area (Å²) in [7, 11) is 0. The first-order chi connectivity index (χ1) is 11.2. The van der Waals surface area contributed by atoms with E-state index in [1.807, 2.05) is 37.3 Å². The number of hydrogen-bond donors (Lipinski definition) is 0. The first-order valence-corrected chi connectivity index (χ1v) is 7.79. The number of pyridine rings is 1. The van der Waals surface area contributed by atoms with Crippen LogP contribution in [0, 0.1) is 0 Å². The Bertz CT molecular complexity index is 693. The molecule has 1 atom stereocenters. The van der Waals surface area contributed by atoms with Gasteiger partial charge in [0.25, 0.3) is 0 Å². The number of carbonyl (C=O) groups excluding carboxylic acids is 1. The number of fused-ring (bicyclic) bond motifs is 1. The van der Waals surface area contributed by atoms with Gasteiger partial charge >= 0.3 is 6.09 Å². The van der Waals surface area contributed by atoms with Crippen molar-refractivity contribution in [3.63, 3.8) is 0 Å². The SMILES string of the molecule is CC1c2c(ccnc2Cl)OCCN1C(=O)OCc1ccccc1. The summed E-state index contributed by atoms with van der Waals surface area (Å²) in [4.78, 5) is 18.1. The minimum atomic E-state index is -0.391. The monoisotopic (exact) mass is 332 g/mol. The summed E-state index contributed by atoms with van der Waals surface area (Å²) in [5.41, 5.74) is 1.66. The number of ether oxygens (including phenoxy) is 2. The van der Waals surface area contributed by atoms with Crippen molar-refractivity contribution in [1.29, 1.82) is 0 Å². The van der Waals surface area contributed by atoms with Crippen LogP contribution in [0.5, 0.6) is 5.75 Å². The van der Waals surface area contributed by atoms with Crippen LogP contribution in [0.15, 0.2) is 42.6 Å². The molecule has 120 valence electrons. The lowest BCUT2D eigenvalue weighted by atomic mass is 10.1. The molecule has 2 heterocycles. The Hall–Kier alpha value is -2.27. The molecule has 1 amide bonds. The number of rotatable bonds is 2. The van der Waals surface area contributed by atoms with E-state index in [9.17, 15) is 4.79 Å². The van der Waals surface area contributed by atoms with E-state index in [0.29, 0.717) is 29.6 Å². The molecule has 23 heavy (non-hydrogen) atoms. The molecule has 6 heteroatoms. The van der Waals surface area contributed by atoms with E-state index in [1.165, 1.54) is 0 Å². The van der Waals surface area contributed by atoms with Gasteiger partial charge in [0.15, 0.2) is 0 Å². The van der Waals surface area contributed by atoms with E-state index in [2.05, 4.69) is 4.98 Å². The van der Waals surface area contributed by atoms with E-state index in [0.717, 1.165) is 5.56 Å². The van der Waals surface area contributed by atoms with E-state index < -0.39 is 6.09 Å². The van der Waals surface area contributed by atoms with Gasteiger partial charge < -0.3 is 9.47 Å². The second-order valence-corrected chi connectivity index (χ2v) is 5.63. The van der Waals surface area contributed by atoms with Crippen LogP contribution in [-0.2, 0) is 11.3 Å². The third-order valence-electron chi connectivity index (χ3n) is 3.82. The molecule has 1 unspecified atom stereocenters. The van der Waals surface area contributed by atoms with Crippen molar-refractivity contribution in [1.82, 2.24) is 9.88 Å². The fourth-order valence-corrected chi connectivity index (χ4v) is 2.90. The van der Waals surface area contributed by atoms with Crippen LogP contribution in [0.1, 0.15) is 24.1 Å². The maximum atomic E-state index is 12.4. The lowest BCUT2D eigenvalue weighted by Crippen LogP contribution is -2.35. The van der Waals surface area contributed by atoms with Gasteiger partial charge in [-0.2, -0.15) is 0 Å². The zero-order chi connectivity index (χ0) is 16.2. The van der Waals surface area contributed by atoms with Gasteiger partial charge in [0.05, 0.1) is 18.2 Å². The highest BCUT2D eigenvalue weighted by molar-refractivity contribution is 6.30. The van der Waals surface area contributed by atoms with Gasteiger partial charge in [-0.1, -0.05) is 41.9 Å². The summed E-state index contributed by atoms with van der Waals surface area (Å²) in [5.74, 6) is 0.663. The normalized spacial score (nSPS) is 17.0. The second-order valence-electron chi connectivity index (χ2n) is 5.27. The minimum Gasteiger partial charge on any atom is -0.491 e. The quantitative estimate of drug-likeness (QED) is 0.784. The summed E-state index contributed by atoms with van der Waals surface area (Å²) in [6.07, 6.45) is 1.20. The highest BCUT2D eigenvalue weighted by Gasteiger charge is 2.30. The summed E-state index contributed by atoms with van der Waals surface area (Å²) in [5, 5.41) is 0.345. The van der Waals surface area contributed by atoms with Gasteiger partial charge in [0.2, 0.25) is 0 Å². The third-order valence-corrected chi connectivity index (χ3v) is 4.12. The van der Waals surface area contributed by atoms with Crippen LogP contribution >= 0.6 is 11.6 Å². The highest BCUT2D eigenvalue weighted by atomic mass is 35.5. The van der Waals surface area contributed by atoms with E-state index in [-0.39, 0.29) is 12.6 Å². The lowest BCUT2D eigenvalue weighted by molar-refractivity contribution is 0.0810. The largest absolute Gasteiger partial charge is 0.491 e. The molecular weight excluding hydrogens is 316 g/mol. The molecule has 0 fully saturated rings. The van der Waals surface area contributed by atoms with Crippen molar-refractivity contribution in [3.05, 3.63) is 58.9 Å². The van der Waals surface area contributed by atoms with Gasteiger partial charge in [-0.05, 0) is 18.6 Å². The molecule has 1 aliphatic heterocycles. The minimum absolute atomic E-state index is 0.234. The molecule has 3 rings (SSSR count). The van der Waals surface area contributed by atoms with Crippen molar-refractivity contribution in [2.24, 2.45) is 0 Å². The van der Waals surface area contributed by atoms with Crippen molar-refractivity contribution in [2.45, 2.75) is 19.6 Å². The highest BCUT2D eigenvalue weighted by Crippen LogP contribution is 2.36. The molecule has 2 aromatic rings. The Morgan fingerprint density at radius 2 is 2.17 bits per heavy atom. The zero-order valence-electron chi connectivity index (χ0n) is 12.7. The predicted octanol–water partition coefficient (Wildman–Crippen LogP) is 3.83. The van der Waals surface area contributed by atoms with E-state index in [1.54, 1.807) is 17.2 Å². The van der Waals surface area contributed by atoms with E-state index >= 15 is 0 Å². The maximum Gasteiger partial charge on any atom is 0.410 e. The summed E-state index contributed by atoms with van der Waals surface area (Å²) < 4.78 is 11.1. The third kappa shape index (κ3) is 3.40. The molecule has 0 saturated heterocycles. The standard InChI is InChI=1S/C17H17ClN2O3/c1-12-15-14(7-8-19-16(15)18)22-10-9-20(12)17(21)23-11-13-5-3-2-4-6-13/h2-8,12H,9-11H2,1H3. The Morgan fingerprint density at radius 3 is 2.96 bits per heavy atom. The summed E-state index contributed by atoms with van der Waals surface area (Å²) >= 11 is 6.18. The Kier molecular flexibility index (Phi) is 4.67. The lowest BCUT2D eigenvalue weighted by Gasteiger charge is -2.26. The number of halogens is 1. The van der Waals surface area contributed by atoms with Crippen LogP contribution in [-0.4, -0.2) is 29.1 Å². The van der Waals surface area contributed by atoms with Crippen molar-refractivity contribution in [2.75, 3.05) is 13.2 Å². The summed E-state index contributed by atoms with van der Waals surface area (Å²) in [6, 6.07) is 11.1. The Labute approximate surface area is 139 Å². The molecule has 0 bridgehead atoms. The van der Waals surface area contributed by atoms with Gasteiger partial charge in [0, 0.05) is 6.20 Å². The first-order valence-electron chi connectivity index (χ1n) is 7.41. The number of amides is 1. The Balaban J connectivity index is 1.74. The first kappa shape index (κ1) is 15.6. The van der Waals surface area contributed by atoms with Gasteiger partial charge in [-0.3, -0.25) is 4.90 Å². The van der Waals surface area contributed by atoms with Gasteiger partial charge in [0.1, 0.15) is 24.1 Å². The molecule has 1 aromatic carbocycles. The molecule has 0 aliphatic carbocycles. The molecule has 0 spiro atoms. The van der Waals surface area contributed by atoms with Crippen molar-refractivity contribution >= 4 is 17.7 Å². The van der Waals surface area contributed by atoms with Crippen LogP contribution in [0.25, 0.3) is 0 Å². The van der Waals surface area contributed by atoms with Crippen molar-refractivity contribution in [3.8, 4) is 5.75 Å². The molecule has 1 aromatic heterocycles. The van der Waals surface area contributed by atoms with Crippen LogP contribution in [0.4, 0.5) is 4.79 Å². The number of carbonyl (C=O) groups is 1. The fraction of sp³-hybridized carbons (Fsp3) is 0.294. The predicted molar refractivity (Wildman–Crippen MR) is 86.5 cm³/mol. The van der Waals surface area contributed by atoms with Crippen molar-refractivity contribution < 1.29 is 14.3 Å².